The quantitative estimate of drug-likeness (QED) is 0.932. The Morgan fingerprint density at radius 3 is 2.71 bits per heavy atom. The van der Waals surface area contributed by atoms with Gasteiger partial charge >= 0.3 is 0 Å². The molecule has 2 rings (SSSR count). The third kappa shape index (κ3) is 2.70. The summed E-state index contributed by atoms with van der Waals surface area (Å²) in [5.74, 6) is 1.45. The second-order valence-electron chi connectivity index (χ2n) is 4.47. The molecule has 4 nitrogen and oxygen atoms in total. The predicted molar refractivity (Wildman–Crippen MR) is 74.0 cm³/mol. The Kier molecular flexibility index (Phi) is 4.20. The monoisotopic (exact) mass is 298 g/mol. The SMILES string of the molecule is CCN(c1ncnc(N)c1Br)C1CCCCC1. The van der Waals surface area contributed by atoms with E-state index in [9.17, 15) is 0 Å². The number of halogens is 1. The normalized spacial score (nSPS) is 17.1. The molecule has 94 valence electrons. The van der Waals surface area contributed by atoms with Gasteiger partial charge in [0.2, 0.25) is 0 Å². The van der Waals surface area contributed by atoms with Gasteiger partial charge in [-0.2, -0.15) is 0 Å². The number of nitrogens with zero attached hydrogens (tertiary/aromatic N) is 3. The van der Waals surface area contributed by atoms with Crippen molar-refractivity contribution in [2.24, 2.45) is 0 Å². The number of anilines is 2. The minimum atomic E-state index is 0.518. The summed E-state index contributed by atoms with van der Waals surface area (Å²) >= 11 is 3.50. The van der Waals surface area contributed by atoms with Gasteiger partial charge in [0.25, 0.3) is 0 Å². The molecule has 2 N–H and O–H groups in total. The number of aromatic nitrogens is 2. The van der Waals surface area contributed by atoms with Crippen molar-refractivity contribution < 1.29 is 0 Å². The summed E-state index contributed by atoms with van der Waals surface area (Å²) in [6.45, 7) is 3.12. The zero-order valence-corrected chi connectivity index (χ0v) is 11.8. The lowest BCUT2D eigenvalue weighted by Crippen LogP contribution is -2.37. The first-order valence-electron chi connectivity index (χ1n) is 6.26. The zero-order valence-electron chi connectivity index (χ0n) is 10.2. The third-order valence-electron chi connectivity index (χ3n) is 3.43. The van der Waals surface area contributed by atoms with Crippen LogP contribution in [0.1, 0.15) is 39.0 Å². The molecule has 0 aromatic carbocycles. The van der Waals surface area contributed by atoms with Crippen molar-refractivity contribution in [2.75, 3.05) is 17.2 Å². The Hall–Kier alpha value is -0.840. The summed E-state index contributed by atoms with van der Waals surface area (Å²) < 4.78 is 0.826. The van der Waals surface area contributed by atoms with E-state index in [2.05, 4.69) is 37.7 Å². The van der Waals surface area contributed by atoms with Crippen molar-refractivity contribution in [3.8, 4) is 0 Å². The molecule has 1 aromatic rings. The van der Waals surface area contributed by atoms with E-state index in [1.807, 2.05) is 0 Å². The second kappa shape index (κ2) is 5.67. The van der Waals surface area contributed by atoms with Crippen molar-refractivity contribution >= 4 is 27.6 Å². The molecule has 0 aliphatic heterocycles. The van der Waals surface area contributed by atoms with Crippen LogP contribution in [-0.4, -0.2) is 22.6 Å². The molecule has 1 saturated carbocycles. The van der Waals surface area contributed by atoms with Crippen LogP contribution in [0.15, 0.2) is 10.8 Å². The van der Waals surface area contributed by atoms with Gasteiger partial charge in [0.05, 0.1) is 0 Å². The van der Waals surface area contributed by atoms with Gasteiger partial charge < -0.3 is 10.6 Å². The lowest BCUT2D eigenvalue weighted by atomic mass is 9.94. The topological polar surface area (TPSA) is 55.0 Å². The summed E-state index contributed by atoms with van der Waals surface area (Å²) in [5.41, 5.74) is 5.82. The lowest BCUT2D eigenvalue weighted by Gasteiger charge is -2.35. The molecule has 0 radical (unpaired) electrons. The molecule has 0 amide bonds. The van der Waals surface area contributed by atoms with E-state index in [-0.39, 0.29) is 0 Å². The molecule has 0 bridgehead atoms. The molecule has 1 aromatic heterocycles. The Labute approximate surface area is 111 Å². The minimum absolute atomic E-state index is 0.518. The van der Waals surface area contributed by atoms with Crippen molar-refractivity contribution in [1.29, 1.82) is 0 Å². The van der Waals surface area contributed by atoms with E-state index in [1.54, 1.807) is 6.33 Å². The number of hydrogen-bond donors (Lipinski definition) is 1. The van der Waals surface area contributed by atoms with Crippen LogP contribution in [-0.2, 0) is 0 Å². The van der Waals surface area contributed by atoms with Crippen molar-refractivity contribution in [3.63, 3.8) is 0 Å². The number of rotatable bonds is 3. The second-order valence-corrected chi connectivity index (χ2v) is 5.27. The maximum atomic E-state index is 5.82. The summed E-state index contributed by atoms with van der Waals surface area (Å²) in [5, 5.41) is 0. The van der Waals surface area contributed by atoms with E-state index in [1.165, 1.54) is 32.1 Å². The maximum Gasteiger partial charge on any atom is 0.148 e. The van der Waals surface area contributed by atoms with Gasteiger partial charge in [-0.25, -0.2) is 9.97 Å². The number of hydrogen-bond acceptors (Lipinski definition) is 4. The van der Waals surface area contributed by atoms with Crippen LogP contribution in [0.5, 0.6) is 0 Å². The van der Waals surface area contributed by atoms with Crippen LogP contribution in [0.25, 0.3) is 0 Å². The largest absolute Gasteiger partial charge is 0.383 e. The van der Waals surface area contributed by atoms with E-state index >= 15 is 0 Å². The van der Waals surface area contributed by atoms with E-state index in [0.717, 1.165) is 16.8 Å². The molecule has 0 unspecified atom stereocenters. The molecule has 1 fully saturated rings. The summed E-state index contributed by atoms with van der Waals surface area (Å²) in [6, 6.07) is 0.597. The van der Waals surface area contributed by atoms with Gasteiger partial charge in [-0.05, 0) is 35.7 Å². The highest BCUT2D eigenvalue weighted by atomic mass is 79.9. The van der Waals surface area contributed by atoms with Crippen molar-refractivity contribution in [2.45, 2.75) is 45.1 Å². The highest BCUT2D eigenvalue weighted by Crippen LogP contribution is 2.32. The van der Waals surface area contributed by atoms with Gasteiger partial charge in [0, 0.05) is 12.6 Å². The minimum Gasteiger partial charge on any atom is -0.383 e. The van der Waals surface area contributed by atoms with E-state index in [0.29, 0.717) is 11.9 Å². The van der Waals surface area contributed by atoms with Crippen LogP contribution in [0.4, 0.5) is 11.6 Å². The molecule has 5 heteroatoms. The average Bonchev–Trinajstić information content (AvgIpc) is 2.37. The smallest absolute Gasteiger partial charge is 0.148 e. The fourth-order valence-corrected chi connectivity index (χ4v) is 2.98. The lowest BCUT2D eigenvalue weighted by molar-refractivity contribution is 0.416. The number of nitrogens with two attached hydrogens (primary N) is 1. The Bertz CT molecular complexity index is 377. The molecule has 1 aliphatic carbocycles. The van der Waals surface area contributed by atoms with E-state index < -0.39 is 0 Å². The fourth-order valence-electron chi connectivity index (χ4n) is 2.55. The van der Waals surface area contributed by atoms with Gasteiger partial charge in [-0.15, -0.1) is 0 Å². The first-order valence-corrected chi connectivity index (χ1v) is 7.06. The highest BCUT2D eigenvalue weighted by Gasteiger charge is 2.23. The van der Waals surface area contributed by atoms with Crippen LogP contribution in [0.3, 0.4) is 0 Å². The van der Waals surface area contributed by atoms with Crippen LogP contribution < -0.4 is 10.6 Å². The van der Waals surface area contributed by atoms with Crippen molar-refractivity contribution in [1.82, 2.24) is 9.97 Å². The first kappa shape index (κ1) is 12.6. The van der Waals surface area contributed by atoms with Crippen molar-refractivity contribution in [3.05, 3.63) is 10.8 Å². The summed E-state index contributed by atoms with van der Waals surface area (Å²) in [7, 11) is 0. The van der Waals surface area contributed by atoms with Gasteiger partial charge in [-0.1, -0.05) is 19.3 Å². The Balaban J connectivity index is 2.24. The zero-order chi connectivity index (χ0) is 12.3. The molecule has 0 saturated heterocycles. The Morgan fingerprint density at radius 1 is 1.35 bits per heavy atom. The Morgan fingerprint density at radius 2 is 2.06 bits per heavy atom. The molecule has 0 atom stereocenters. The van der Waals surface area contributed by atoms with Crippen LogP contribution >= 0.6 is 15.9 Å². The molecule has 1 heterocycles. The molecule has 0 spiro atoms. The first-order chi connectivity index (χ1) is 8.24. The van der Waals surface area contributed by atoms with Gasteiger partial charge in [-0.3, -0.25) is 0 Å². The van der Waals surface area contributed by atoms with Gasteiger partial charge in [0.15, 0.2) is 0 Å². The molecular formula is C12H19BrN4. The highest BCUT2D eigenvalue weighted by molar-refractivity contribution is 9.10. The summed E-state index contributed by atoms with van der Waals surface area (Å²) in [6.07, 6.45) is 8.05. The average molecular weight is 299 g/mol. The van der Waals surface area contributed by atoms with Crippen LogP contribution in [0.2, 0.25) is 0 Å². The third-order valence-corrected chi connectivity index (χ3v) is 4.19. The molecule has 1 aliphatic rings. The molecule has 17 heavy (non-hydrogen) atoms. The fraction of sp³-hybridized carbons (Fsp3) is 0.667. The standard InChI is InChI=1S/C12H19BrN4/c1-2-17(9-6-4-3-5-7-9)12-10(13)11(14)15-8-16-12/h8-9H,2-7H2,1H3,(H2,14,15,16). The number of nitrogen functional groups attached to an aromatic ring is 1. The summed E-state index contributed by atoms with van der Waals surface area (Å²) in [4.78, 5) is 10.7. The molecular weight excluding hydrogens is 280 g/mol. The maximum absolute atomic E-state index is 5.82. The van der Waals surface area contributed by atoms with Crippen LogP contribution in [0, 0.1) is 0 Å². The predicted octanol–water partition coefficient (Wildman–Crippen LogP) is 2.98. The van der Waals surface area contributed by atoms with E-state index in [4.69, 9.17) is 5.73 Å². The van der Waals surface area contributed by atoms with Gasteiger partial charge in [0.1, 0.15) is 22.4 Å².